The molecule has 1 aromatic carbocycles. The Hall–Kier alpha value is -2.09. The maximum absolute atomic E-state index is 11.1. The molecule has 21 heavy (non-hydrogen) atoms. The second-order valence-electron chi connectivity index (χ2n) is 4.41. The van der Waals surface area contributed by atoms with Crippen LogP contribution in [-0.2, 0) is 5.75 Å². The van der Waals surface area contributed by atoms with Crippen LogP contribution in [0, 0.1) is 17.0 Å². The van der Waals surface area contributed by atoms with Crippen molar-refractivity contribution >= 4 is 23.1 Å². The molecule has 0 fully saturated rings. The number of nitrogens with one attached hydrogen (secondary N) is 1. The number of aryl methyl sites for hydroxylation is 1. The highest BCUT2D eigenvalue weighted by atomic mass is 32.2. The summed E-state index contributed by atoms with van der Waals surface area (Å²) in [5.74, 6) is 1.04. The average Bonchev–Trinajstić information content (AvgIpc) is 2.89. The number of nitro benzene ring substituents is 1. The van der Waals surface area contributed by atoms with Crippen molar-refractivity contribution in [3.8, 4) is 0 Å². The highest BCUT2D eigenvalue weighted by Gasteiger charge is 2.14. The first-order chi connectivity index (χ1) is 10.1. The molecule has 0 aliphatic heterocycles. The number of hydrogen-bond donors (Lipinski definition) is 1. The van der Waals surface area contributed by atoms with E-state index in [-0.39, 0.29) is 10.6 Å². The van der Waals surface area contributed by atoms with Gasteiger partial charge in [-0.15, -0.1) is 10.2 Å². The van der Waals surface area contributed by atoms with Crippen molar-refractivity contribution in [3.05, 3.63) is 39.8 Å². The van der Waals surface area contributed by atoms with Crippen LogP contribution in [0.4, 0.5) is 11.4 Å². The first-order valence-electron chi connectivity index (χ1n) is 6.54. The summed E-state index contributed by atoms with van der Waals surface area (Å²) in [5, 5.41) is 22.3. The topological polar surface area (TPSA) is 94.1 Å². The lowest BCUT2D eigenvalue weighted by Gasteiger charge is -2.07. The number of aromatic nitrogens is 2. The maximum Gasteiger partial charge on any atom is 0.292 e. The fourth-order valence-electron chi connectivity index (χ4n) is 1.71. The third kappa shape index (κ3) is 4.19. The molecule has 0 saturated heterocycles. The predicted octanol–water partition coefficient (Wildman–Crippen LogP) is 3.40. The van der Waals surface area contributed by atoms with E-state index in [0.29, 0.717) is 29.1 Å². The van der Waals surface area contributed by atoms with Gasteiger partial charge in [0.05, 0.1) is 4.92 Å². The van der Waals surface area contributed by atoms with Crippen molar-refractivity contribution in [2.75, 3.05) is 11.9 Å². The minimum absolute atomic E-state index is 0.0864. The molecule has 0 aliphatic carbocycles. The van der Waals surface area contributed by atoms with E-state index in [1.165, 1.54) is 11.8 Å². The van der Waals surface area contributed by atoms with E-state index in [4.69, 9.17) is 4.42 Å². The van der Waals surface area contributed by atoms with Crippen molar-refractivity contribution in [2.24, 2.45) is 0 Å². The van der Waals surface area contributed by atoms with E-state index < -0.39 is 0 Å². The van der Waals surface area contributed by atoms with Crippen LogP contribution in [0.3, 0.4) is 0 Å². The Bertz CT molecular complexity index is 630. The zero-order chi connectivity index (χ0) is 15.2. The van der Waals surface area contributed by atoms with Gasteiger partial charge in [0.15, 0.2) is 0 Å². The van der Waals surface area contributed by atoms with Gasteiger partial charge in [-0.2, -0.15) is 0 Å². The normalized spacial score (nSPS) is 10.6. The highest BCUT2D eigenvalue weighted by molar-refractivity contribution is 7.98. The molecule has 0 unspecified atom stereocenters. The van der Waals surface area contributed by atoms with Crippen LogP contribution in [0.15, 0.2) is 27.8 Å². The highest BCUT2D eigenvalue weighted by Crippen LogP contribution is 2.29. The SMILES string of the molecule is CCCNc1ccc(CSc2nnc(C)o2)cc1[N+](=O)[O-]. The van der Waals surface area contributed by atoms with Gasteiger partial charge in [0.1, 0.15) is 5.69 Å². The number of anilines is 1. The summed E-state index contributed by atoms with van der Waals surface area (Å²) in [4.78, 5) is 10.8. The minimum atomic E-state index is -0.372. The minimum Gasteiger partial charge on any atom is -0.416 e. The van der Waals surface area contributed by atoms with Crippen LogP contribution >= 0.6 is 11.8 Å². The Morgan fingerprint density at radius 1 is 1.43 bits per heavy atom. The number of benzene rings is 1. The van der Waals surface area contributed by atoms with Crippen LogP contribution in [0.2, 0.25) is 0 Å². The van der Waals surface area contributed by atoms with Gasteiger partial charge in [-0.3, -0.25) is 10.1 Å². The van der Waals surface area contributed by atoms with E-state index in [0.717, 1.165) is 12.0 Å². The zero-order valence-corrected chi connectivity index (χ0v) is 12.6. The fourth-order valence-corrected chi connectivity index (χ4v) is 2.46. The lowest BCUT2D eigenvalue weighted by Crippen LogP contribution is -2.03. The third-order valence-electron chi connectivity index (χ3n) is 2.69. The van der Waals surface area contributed by atoms with Gasteiger partial charge in [-0.1, -0.05) is 24.8 Å². The lowest BCUT2D eigenvalue weighted by molar-refractivity contribution is -0.384. The van der Waals surface area contributed by atoms with Crippen LogP contribution < -0.4 is 5.32 Å². The summed E-state index contributed by atoms with van der Waals surface area (Å²) in [5.41, 5.74) is 1.47. The molecule has 1 heterocycles. The molecule has 1 aromatic heterocycles. The number of rotatable bonds is 7. The summed E-state index contributed by atoms with van der Waals surface area (Å²) >= 11 is 1.36. The number of thioether (sulfide) groups is 1. The monoisotopic (exact) mass is 308 g/mol. The molecule has 0 aliphatic rings. The van der Waals surface area contributed by atoms with Gasteiger partial charge in [0.2, 0.25) is 5.89 Å². The van der Waals surface area contributed by atoms with Crippen molar-refractivity contribution in [1.82, 2.24) is 10.2 Å². The second-order valence-corrected chi connectivity index (χ2v) is 5.34. The van der Waals surface area contributed by atoms with Gasteiger partial charge in [0, 0.05) is 25.3 Å². The predicted molar refractivity (Wildman–Crippen MR) is 80.5 cm³/mol. The van der Waals surface area contributed by atoms with Gasteiger partial charge in [-0.05, 0) is 18.1 Å². The molecule has 0 amide bonds. The Balaban J connectivity index is 2.09. The first kappa shape index (κ1) is 15.3. The molecular weight excluding hydrogens is 292 g/mol. The first-order valence-corrected chi connectivity index (χ1v) is 7.52. The average molecular weight is 308 g/mol. The van der Waals surface area contributed by atoms with Crippen molar-refractivity contribution in [1.29, 1.82) is 0 Å². The lowest BCUT2D eigenvalue weighted by atomic mass is 10.2. The van der Waals surface area contributed by atoms with E-state index in [2.05, 4.69) is 15.5 Å². The summed E-state index contributed by atoms with van der Waals surface area (Å²) in [6.07, 6.45) is 0.908. The Labute approximate surface area is 126 Å². The van der Waals surface area contributed by atoms with Gasteiger partial charge in [0.25, 0.3) is 10.9 Å². The van der Waals surface area contributed by atoms with Crippen LogP contribution in [0.1, 0.15) is 24.8 Å². The fraction of sp³-hybridized carbons (Fsp3) is 0.385. The van der Waals surface area contributed by atoms with Gasteiger partial charge in [-0.25, -0.2) is 0 Å². The van der Waals surface area contributed by atoms with Crippen molar-refractivity contribution in [3.63, 3.8) is 0 Å². The molecule has 0 radical (unpaired) electrons. The third-order valence-corrected chi connectivity index (χ3v) is 3.58. The van der Waals surface area contributed by atoms with Crippen molar-refractivity contribution < 1.29 is 9.34 Å². The summed E-state index contributed by atoms with van der Waals surface area (Å²) in [6, 6.07) is 5.18. The second kappa shape index (κ2) is 7.07. The molecule has 0 spiro atoms. The molecule has 0 saturated carbocycles. The number of hydrogen-bond acceptors (Lipinski definition) is 7. The molecule has 2 aromatic rings. The maximum atomic E-state index is 11.1. The van der Waals surface area contributed by atoms with E-state index in [1.807, 2.05) is 13.0 Å². The molecule has 0 bridgehead atoms. The molecule has 7 nitrogen and oxygen atoms in total. The Morgan fingerprint density at radius 2 is 2.24 bits per heavy atom. The van der Waals surface area contributed by atoms with E-state index in [1.54, 1.807) is 19.1 Å². The van der Waals surface area contributed by atoms with E-state index in [9.17, 15) is 10.1 Å². The number of nitro groups is 1. The van der Waals surface area contributed by atoms with Gasteiger partial charge < -0.3 is 9.73 Å². The molecule has 0 atom stereocenters. The molecule has 2 rings (SSSR count). The van der Waals surface area contributed by atoms with Crippen LogP contribution in [0.5, 0.6) is 0 Å². The zero-order valence-electron chi connectivity index (χ0n) is 11.8. The van der Waals surface area contributed by atoms with Crippen LogP contribution in [0.25, 0.3) is 0 Å². The molecule has 8 heteroatoms. The Kier molecular flexibility index (Phi) is 5.15. The molecule has 1 N–H and O–H groups in total. The number of nitrogens with zero attached hydrogens (tertiary/aromatic N) is 3. The quantitative estimate of drug-likeness (QED) is 0.476. The van der Waals surface area contributed by atoms with Crippen LogP contribution in [-0.4, -0.2) is 21.7 Å². The smallest absolute Gasteiger partial charge is 0.292 e. The van der Waals surface area contributed by atoms with Crippen molar-refractivity contribution in [2.45, 2.75) is 31.2 Å². The molecular formula is C13H16N4O3S. The summed E-state index contributed by atoms with van der Waals surface area (Å²) in [7, 11) is 0. The van der Waals surface area contributed by atoms with E-state index >= 15 is 0 Å². The standard InChI is InChI=1S/C13H16N4O3S/c1-3-6-14-11-5-4-10(7-12(11)17(18)19)8-21-13-16-15-9(2)20-13/h4-5,7,14H,3,6,8H2,1-2H3. The Morgan fingerprint density at radius 3 is 2.86 bits per heavy atom. The summed E-state index contributed by atoms with van der Waals surface area (Å²) < 4.78 is 5.25. The molecule has 112 valence electrons. The van der Waals surface area contributed by atoms with Gasteiger partial charge >= 0.3 is 0 Å². The largest absolute Gasteiger partial charge is 0.416 e. The summed E-state index contributed by atoms with van der Waals surface area (Å²) in [6.45, 7) is 4.43.